The van der Waals surface area contributed by atoms with Crippen LogP contribution >= 0.6 is 36.4 Å². The third-order valence-electron chi connectivity index (χ3n) is 0.289. The first-order valence-electron chi connectivity index (χ1n) is 1.62. The number of hydrogen-bond donors (Lipinski definition) is 1. The second kappa shape index (κ2) is 16.7. The Bertz CT molecular complexity index is 12.8. The molecule has 0 atom stereocenters. The van der Waals surface area contributed by atoms with Gasteiger partial charge in [0, 0.05) is 0 Å². The van der Waals surface area contributed by atoms with Gasteiger partial charge in [0.05, 0.1) is 0 Å². The van der Waals surface area contributed by atoms with E-state index in [1.54, 1.807) is 0 Å². The third-order valence-corrected chi connectivity index (χ3v) is 0.289. The highest BCUT2D eigenvalue weighted by Crippen LogP contribution is 1.57. The summed E-state index contributed by atoms with van der Waals surface area (Å²) in [4.78, 5) is 0. The summed E-state index contributed by atoms with van der Waals surface area (Å²) in [5, 5.41) is 0. The molecule has 0 unspecified atom stereocenters. The molecule has 0 saturated carbocycles. The van der Waals surface area contributed by atoms with Crippen molar-refractivity contribution in [1.29, 1.82) is 0 Å². The van der Waals surface area contributed by atoms with Crippen LogP contribution in [0.2, 0.25) is 0 Å². The monoisotopic (exact) mass is 223 g/mol. The van der Waals surface area contributed by atoms with Crippen molar-refractivity contribution >= 4 is 36.4 Å². The molecule has 0 saturated heterocycles. The van der Waals surface area contributed by atoms with Crippen LogP contribution in [0.5, 0.6) is 0 Å². The molecule has 0 bridgehead atoms. The van der Waals surface area contributed by atoms with Gasteiger partial charge in [-0.15, -0.1) is 36.4 Å². The molecule has 0 aromatic heterocycles. The van der Waals surface area contributed by atoms with E-state index in [4.69, 9.17) is 5.73 Å². The lowest BCUT2D eigenvalue weighted by molar-refractivity contribution is 0.932. The van der Waals surface area contributed by atoms with Crippen molar-refractivity contribution in [3.05, 3.63) is 0 Å². The van der Waals surface area contributed by atoms with Crippen LogP contribution in [-0.2, 0) is 0 Å². The van der Waals surface area contributed by atoms with Gasteiger partial charge in [-0.2, -0.15) is 0 Å². The van der Waals surface area contributed by atoms with E-state index in [0.29, 0.717) is 0 Å². The molecule has 0 fully saturated rings. The quantitative estimate of drug-likeness (QED) is 0.668. The van der Waals surface area contributed by atoms with Gasteiger partial charge in [-0.25, -0.2) is 0 Å². The maximum Gasteiger partial charge on any atom is -0.00799 e. The average Bonchev–Trinajstić information content (AvgIpc) is 1.37. The van der Waals surface area contributed by atoms with E-state index in [1.165, 1.54) is 0 Å². The molecule has 0 aromatic rings. The van der Waals surface area contributed by atoms with E-state index in [9.17, 15) is 0 Å². The molecule has 0 aromatic carbocycles. The van der Waals surface area contributed by atoms with Gasteiger partial charge in [0.1, 0.15) is 0 Å². The lowest BCUT2D eigenvalue weighted by atomic mass is 10.5. The summed E-state index contributed by atoms with van der Waals surface area (Å²) in [6, 6.07) is 0. The van der Waals surface area contributed by atoms with Crippen molar-refractivity contribution in [3.8, 4) is 0 Å². The molecule has 0 spiro atoms. The van der Waals surface area contributed by atoms with Gasteiger partial charge in [-0.1, -0.05) is 6.92 Å². The Kier molecular flexibility index (Phi) is 43.9. The molecule has 42 valence electrons. The van der Waals surface area contributed by atoms with Crippen LogP contribution in [0.25, 0.3) is 0 Å². The predicted molar refractivity (Wildman–Crippen MR) is 42.0 cm³/mol. The number of nitrogens with two attached hydrogens (primary N) is 1. The predicted octanol–water partition coefficient (Wildman–Crippen LogP) is 1.39. The van der Waals surface area contributed by atoms with E-state index in [-0.39, 0.29) is 36.4 Å². The zero-order valence-electron chi connectivity index (χ0n) is 3.81. The Morgan fingerprint density at radius 3 is 1.67 bits per heavy atom. The minimum absolute atomic E-state index is 0. The minimum Gasteiger partial charge on any atom is -0.330 e. The Hall–Kier alpha value is 0.980. The molecule has 0 amide bonds. The van der Waals surface area contributed by atoms with Crippen molar-refractivity contribution in [1.82, 2.24) is 0 Å². The number of hydrogen-bond acceptors (Lipinski definition) is 1. The highest BCUT2D eigenvalue weighted by atomic mass is 127. The zero-order valence-corrected chi connectivity index (χ0v) is 6.95. The van der Waals surface area contributed by atoms with Crippen LogP contribution in [0.1, 0.15) is 13.3 Å². The smallest absolute Gasteiger partial charge is 0.00799 e. The zero-order chi connectivity index (χ0) is 3.41. The van der Waals surface area contributed by atoms with Gasteiger partial charge in [0.25, 0.3) is 0 Å². The molecule has 0 aliphatic rings. The van der Waals surface area contributed by atoms with Gasteiger partial charge in [0.15, 0.2) is 0 Å². The Morgan fingerprint density at radius 1 is 1.50 bits per heavy atom. The van der Waals surface area contributed by atoms with E-state index in [0.717, 1.165) is 13.0 Å². The van der Waals surface area contributed by atoms with Gasteiger partial charge in [-0.3, -0.25) is 0 Å². The molecule has 0 aliphatic heterocycles. The first-order valence-corrected chi connectivity index (χ1v) is 1.62. The molecule has 1 nitrogen and oxygen atoms in total. The first-order chi connectivity index (χ1) is 1.91. The SMILES string of the molecule is CCCN.Cl.I. The number of halogens is 2. The van der Waals surface area contributed by atoms with Crippen LogP contribution < -0.4 is 5.73 Å². The van der Waals surface area contributed by atoms with Gasteiger partial charge in [-0.05, 0) is 13.0 Å². The summed E-state index contributed by atoms with van der Waals surface area (Å²) in [7, 11) is 0. The molecule has 6 heavy (non-hydrogen) atoms. The van der Waals surface area contributed by atoms with Crippen molar-refractivity contribution < 1.29 is 0 Å². The Balaban J connectivity index is -0.0000000450. The molecule has 0 aliphatic carbocycles. The van der Waals surface area contributed by atoms with Gasteiger partial charge >= 0.3 is 0 Å². The first kappa shape index (κ1) is 15.8. The number of rotatable bonds is 1. The van der Waals surface area contributed by atoms with Crippen molar-refractivity contribution in [2.45, 2.75) is 13.3 Å². The summed E-state index contributed by atoms with van der Waals surface area (Å²) < 4.78 is 0. The minimum atomic E-state index is 0. The van der Waals surface area contributed by atoms with E-state index >= 15 is 0 Å². The molecular weight excluding hydrogens is 212 g/mol. The summed E-state index contributed by atoms with van der Waals surface area (Å²) in [6.45, 7) is 2.88. The highest BCUT2D eigenvalue weighted by Gasteiger charge is 1.55. The van der Waals surface area contributed by atoms with Crippen LogP contribution in [0.15, 0.2) is 0 Å². The Labute approximate surface area is 62.1 Å². The van der Waals surface area contributed by atoms with Crippen LogP contribution in [0.4, 0.5) is 0 Å². The van der Waals surface area contributed by atoms with Gasteiger partial charge in [0.2, 0.25) is 0 Å². The van der Waals surface area contributed by atoms with Gasteiger partial charge < -0.3 is 5.73 Å². The van der Waals surface area contributed by atoms with E-state index in [2.05, 4.69) is 6.92 Å². The molecule has 2 N–H and O–H groups in total. The topological polar surface area (TPSA) is 26.0 Å². The summed E-state index contributed by atoms with van der Waals surface area (Å²) >= 11 is 0. The van der Waals surface area contributed by atoms with Crippen molar-refractivity contribution in [2.24, 2.45) is 5.73 Å². The lowest BCUT2D eigenvalue weighted by Gasteiger charge is -1.70. The average molecular weight is 223 g/mol. The maximum atomic E-state index is 5.03. The van der Waals surface area contributed by atoms with Crippen LogP contribution in [0, 0.1) is 0 Å². The molecule has 0 heterocycles. The maximum absolute atomic E-state index is 5.03. The third kappa shape index (κ3) is 20.1. The van der Waals surface area contributed by atoms with Crippen molar-refractivity contribution in [2.75, 3.05) is 6.54 Å². The van der Waals surface area contributed by atoms with E-state index in [1.807, 2.05) is 0 Å². The van der Waals surface area contributed by atoms with Crippen LogP contribution in [-0.4, -0.2) is 6.54 Å². The second-order valence-corrected chi connectivity index (χ2v) is 0.789. The van der Waals surface area contributed by atoms with Crippen LogP contribution in [0.3, 0.4) is 0 Å². The standard InChI is InChI=1S/C3H9N.ClH.HI/c1-2-3-4;;/h2-4H2,1H3;2*1H. The Morgan fingerprint density at radius 2 is 1.67 bits per heavy atom. The summed E-state index contributed by atoms with van der Waals surface area (Å²) in [5.41, 5.74) is 5.03. The second-order valence-electron chi connectivity index (χ2n) is 0.789. The fourth-order valence-electron chi connectivity index (χ4n) is 0. The fraction of sp³-hybridized carbons (Fsp3) is 1.00. The molecule has 0 rings (SSSR count). The normalized spacial score (nSPS) is 5.00. The molecule has 3 heteroatoms. The van der Waals surface area contributed by atoms with Crippen molar-refractivity contribution in [3.63, 3.8) is 0 Å². The fourth-order valence-corrected chi connectivity index (χ4v) is 0. The lowest BCUT2D eigenvalue weighted by Crippen LogP contribution is -1.93. The highest BCUT2D eigenvalue weighted by molar-refractivity contribution is 14.0. The molecular formula is C3H11ClIN. The summed E-state index contributed by atoms with van der Waals surface area (Å²) in [5.74, 6) is 0. The largest absolute Gasteiger partial charge is 0.330 e. The summed E-state index contributed by atoms with van der Waals surface area (Å²) in [6.07, 6.45) is 1.10. The molecule has 0 radical (unpaired) electrons. The van der Waals surface area contributed by atoms with E-state index < -0.39 is 0 Å².